The maximum absolute atomic E-state index is 11.9. The number of amides is 2. The van der Waals surface area contributed by atoms with Crippen LogP contribution >= 0.6 is 11.8 Å². The molecule has 0 spiro atoms. The van der Waals surface area contributed by atoms with Gasteiger partial charge in [0.05, 0.1) is 4.91 Å². The zero-order valence-corrected chi connectivity index (χ0v) is 14.4. The van der Waals surface area contributed by atoms with Crippen LogP contribution in [-0.4, -0.2) is 17.0 Å². The van der Waals surface area contributed by atoms with Crippen LogP contribution in [0.2, 0.25) is 0 Å². The van der Waals surface area contributed by atoms with Crippen molar-refractivity contribution in [2.45, 2.75) is 13.5 Å². The first kappa shape index (κ1) is 17.0. The Morgan fingerprint density at radius 2 is 2.00 bits per heavy atom. The molecule has 2 aromatic carbocycles. The first-order valence-corrected chi connectivity index (χ1v) is 8.49. The average Bonchev–Trinajstić information content (AvgIpc) is 2.93. The summed E-state index contributed by atoms with van der Waals surface area (Å²) in [7, 11) is 0. The lowest BCUT2D eigenvalue weighted by Gasteiger charge is -2.07. The number of hydrogen-bond acceptors (Lipinski definition) is 4. The van der Waals surface area contributed by atoms with Gasteiger partial charge in [-0.3, -0.25) is 9.59 Å². The Morgan fingerprint density at radius 3 is 2.76 bits per heavy atom. The predicted octanol–water partition coefficient (Wildman–Crippen LogP) is 3.37. The van der Waals surface area contributed by atoms with Crippen LogP contribution in [0.1, 0.15) is 18.1 Å². The molecule has 1 aliphatic rings. The Morgan fingerprint density at radius 1 is 1.20 bits per heavy atom. The van der Waals surface area contributed by atoms with Crippen LogP contribution in [0.25, 0.3) is 6.08 Å². The number of amidine groups is 1. The van der Waals surface area contributed by atoms with Crippen LogP contribution in [0, 0.1) is 0 Å². The highest BCUT2D eigenvalue weighted by atomic mass is 32.2. The second-order valence-electron chi connectivity index (χ2n) is 5.36. The molecule has 0 aromatic heterocycles. The molecule has 5 nitrogen and oxygen atoms in total. The fraction of sp³-hybridized carbons (Fsp3) is 0.105. The van der Waals surface area contributed by atoms with Crippen LogP contribution in [0.5, 0.6) is 5.75 Å². The third kappa shape index (κ3) is 4.81. The minimum atomic E-state index is -0.357. The molecule has 6 heteroatoms. The van der Waals surface area contributed by atoms with Crippen molar-refractivity contribution in [3.05, 3.63) is 70.6 Å². The number of aliphatic imine (C=N–C) groups is 1. The summed E-state index contributed by atoms with van der Waals surface area (Å²) in [5, 5.41) is 2.83. The molecular formula is C19H16N2O3S. The molecule has 0 unspecified atom stereocenters. The largest absolute Gasteiger partial charge is 0.489 e. The van der Waals surface area contributed by atoms with Gasteiger partial charge in [-0.25, -0.2) is 0 Å². The molecule has 126 valence electrons. The van der Waals surface area contributed by atoms with E-state index in [0.717, 1.165) is 28.6 Å². The molecule has 2 amide bonds. The van der Waals surface area contributed by atoms with Gasteiger partial charge in [-0.05, 0) is 41.1 Å². The minimum absolute atomic E-state index is 0.253. The van der Waals surface area contributed by atoms with Gasteiger partial charge >= 0.3 is 0 Å². The lowest BCUT2D eigenvalue weighted by molar-refractivity contribution is -0.117. The highest BCUT2D eigenvalue weighted by molar-refractivity contribution is 8.18. The van der Waals surface area contributed by atoms with Crippen LogP contribution in [-0.2, 0) is 16.2 Å². The molecule has 0 fully saturated rings. The van der Waals surface area contributed by atoms with Crippen molar-refractivity contribution in [1.82, 2.24) is 5.32 Å². The van der Waals surface area contributed by atoms with Crippen molar-refractivity contribution < 1.29 is 14.3 Å². The summed E-state index contributed by atoms with van der Waals surface area (Å²) in [5.74, 6) is 0.109. The lowest BCUT2D eigenvalue weighted by Crippen LogP contribution is -2.23. The molecular weight excluding hydrogens is 336 g/mol. The van der Waals surface area contributed by atoms with Crippen molar-refractivity contribution >= 4 is 34.8 Å². The molecule has 0 saturated carbocycles. The molecule has 2 aromatic rings. The molecule has 0 aliphatic carbocycles. The number of thioether (sulfide) groups is 1. The Bertz CT molecular complexity index is 860. The molecule has 1 N–H and O–H groups in total. The summed E-state index contributed by atoms with van der Waals surface area (Å²) in [5.41, 5.74) is 1.92. The minimum Gasteiger partial charge on any atom is -0.489 e. The summed E-state index contributed by atoms with van der Waals surface area (Å²) >= 11 is 1.15. The maximum atomic E-state index is 11.9. The molecule has 25 heavy (non-hydrogen) atoms. The Balaban J connectivity index is 1.68. The monoisotopic (exact) mass is 352 g/mol. The van der Waals surface area contributed by atoms with E-state index in [4.69, 9.17) is 4.74 Å². The Hall–Kier alpha value is -2.86. The number of hydrogen-bond donors (Lipinski definition) is 1. The predicted molar refractivity (Wildman–Crippen MR) is 99.0 cm³/mol. The second kappa shape index (κ2) is 7.81. The van der Waals surface area contributed by atoms with Gasteiger partial charge in [0.1, 0.15) is 12.4 Å². The van der Waals surface area contributed by atoms with Crippen molar-refractivity contribution in [3.63, 3.8) is 0 Å². The topological polar surface area (TPSA) is 67.8 Å². The van der Waals surface area contributed by atoms with Gasteiger partial charge in [0.15, 0.2) is 5.17 Å². The Labute approximate surface area is 149 Å². The van der Waals surface area contributed by atoms with E-state index >= 15 is 0 Å². The molecule has 0 atom stereocenters. The SMILES string of the molecule is CC(=O)NC1=NC(=O)C(=Cc2cccc(OCc3ccccc3)c2)S1. The third-order valence-electron chi connectivity index (χ3n) is 3.31. The fourth-order valence-electron chi connectivity index (χ4n) is 2.20. The van der Waals surface area contributed by atoms with Crippen LogP contribution < -0.4 is 10.1 Å². The van der Waals surface area contributed by atoms with Gasteiger partial charge in [0, 0.05) is 6.92 Å². The van der Waals surface area contributed by atoms with Crippen LogP contribution in [0.4, 0.5) is 0 Å². The number of carbonyl (C=O) groups is 2. The van der Waals surface area contributed by atoms with E-state index in [-0.39, 0.29) is 11.8 Å². The average molecular weight is 352 g/mol. The molecule has 3 rings (SSSR count). The zero-order valence-electron chi connectivity index (χ0n) is 13.6. The van der Waals surface area contributed by atoms with Gasteiger partial charge in [0.25, 0.3) is 5.91 Å². The van der Waals surface area contributed by atoms with E-state index in [9.17, 15) is 9.59 Å². The van der Waals surface area contributed by atoms with Crippen LogP contribution in [0.3, 0.4) is 0 Å². The number of rotatable bonds is 4. The molecule has 0 bridgehead atoms. The van der Waals surface area contributed by atoms with E-state index < -0.39 is 0 Å². The van der Waals surface area contributed by atoms with Gasteiger partial charge in [-0.2, -0.15) is 4.99 Å². The van der Waals surface area contributed by atoms with Crippen molar-refractivity contribution in [1.29, 1.82) is 0 Å². The molecule has 0 radical (unpaired) electrons. The number of nitrogens with one attached hydrogen (secondary N) is 1. The highest BCUT2D eigenvalue weighted by Crippen LogP contribution is 2.28. The number of carbonyl (C=O) groups excluding carboxylic acids is 2. The van der Waals surface area contributed by atoms with Gasteiger partial charge < -0.3 is 10.1 Å². The van der Waals surface area contributed by atoms with E-state index in [1.54, 1.807) is 6.08 Å². The lowest BCUT2D eigenvalue weighted by atomic mass is 10.2. The number of nitrogens with zero attached hydrogens (tertiary/aromatic N) is 1. The zero-order chi connectivity index (χ0) is 17.6. The number of benzene rings is 2. The normalized spacial score (nSPS) is 15.2. The van der Waals surface area contributed by atoms with Gasteiger partial charge in [0.2, 0.25) is 5.91 Å². The smallest absolute Gasteiger partial charge is 0.286 e. The van der Waals surface area contributed by atoms with Gasteiger partial charge in [-0.1, -0.05) is 42.5 Å². The van der Waals surface area contributed by atoms with Crippen molar-refractivity contribution in [2.24, 2.45) is 4.99 Å². The van der Waals surface area contributed by atoms with Crippen LogP contribution in [0.15, 0.2) is 64.5 Å². The third-order valence-corrected chi connectivity index (χ3v) is 4.21. The number of ether oxygens (including phenoxy) is 1. The molecule has 0 saturated heterocycles. The summed E-state index contributed by atoms with van der Waals surface area (Å²) in [6.07, 6.45) is 1.74. The molecule has 1 heterocycles. The molecule has 1 aliphatic heterocycles. The fourth-order valence-corrected chi connectivity index (χ4v) is 3.06. The summed E-state index contributed by atoms with van der Waals surface area (Å²) in [4.78, 5) is 27.2. The van der Waals surface area contributed by atoms with E-state index in [2.05, 4.69) is 10.3 Å². The van der Waals surface area contributed by atoms with E-state index in [1.165, 1.54) is 6.92 Å². The van der Waals surface area contributed by atoms with E-state index in [0.29, 0.717) is 16.7 Å². The van der Waals surface area contributed by atoms with Gasteiger partial charge in [-0.15, -0.1) is 0 Å². The first-order valence-electron chi connectivity index (χ1n) is 7.67. The maximum Gasteiger partial charge on any atom is 0.286 e. The highest BCUT2D eigenvalue weighted by Gasteiger charge is 2.22. The summed E-state index contributed by atoms with van der Waals surface area (Å²) in [6.45, 7) is 1.85. The summed E-state index contributed by atoms with van der Waals surface area (Å²) < 4.78 is 5.79. The summed E-state index contributed by atoms with van der Waals surface area (Å²) in [6, 6.07) is 17.4. The van der Waals surface area contributed by atoms with Crippen molar-refractivity contribution in [3.8, 4) is 5.75 Å². The van der Waals surface area contributed by atoms with Crippen molar-refractivity contribution in [2.75, 3.05) is 0 Å². The first-order chi connectivity index (χ1) is 12.1. The Kier molecular flexibility index (Phi) is 5.30. The standard InChI is InChI=1S/C19H16N2O3S/c1-13(22)20-19-21-18(23)17(25-19)11-15-8-5-9-16(10-15)24-12-14-6-3-2-4-7-14/h2-11H,12H2,1H3,(H,20,21,22,23). The second-order valence-corrected chi connectivity index (χ2v) is 6.39. The van der Waals surface area contributed by atoms with E-state index in [1.807, 2.05) is 54.6 Å². The quantitative estimate of drug-likeness (QED) is 0.857.